The molecule has 0 aromatic carbocycles. The maximum Gasteiger partial charge on any atom is 0.255 e. The van der Waals surface area contributed by atoms with Gasteiger partial charge in [0.05, 0.1) is 6.54 Å². The van der Waals surface area contributed by atoms with Gasteiger partial charge in [0.25, 0.3) is 6.43 Å². The monoisotopic (exact) mass is 239 g/mol. The minimum Gasteiger partial charge on any atom is -0.336 e. The van der Waals surface area contributed by atoms with Crippen molar-refractivity contribution in [2.45, 2.75) is 32.1 Å². The summed E-state index contributed by atoms with van der Waals surface area (Å²) in [6.07, 6.45) is 1.25. The fourth-order valence-corrected chi connectivity index (χ4v) is 2.20. The predicted octanol–water partition coefficient (Wildman–Crippen LogP) is 2.51. The van der Waals surface area contributed by atoms with Gasteiger partial charge in [-0.05, 0) is 12.8 Å². The van der Waals surface area contributed by atoms with E-state index in [4.69, 9.17) is 11.6 Å². The van der Waals surface area contributed by atoms with Crippen molar-refractivity contribution in [3.63, 3.8) is 0 Å². The Morgan fingerprint density at radius 2 is 2.00 bits per heavy atom. The van der Waals surface area contributed by atoms with E-state index in [1.54, 1.807) is 0 Å². The van der Waals surface area contributed by atoms with E-state index < -0.39 is 13.0 Å². The van der Waals surface area contributed by atoms with Crippen LogP contribution in [0.15, 0.2) is 0 Å². The molecule has 0 aliphatic heterocycles. The normalized spacial score (nSPS) is 17.3. The van der Waals surface area contributed by atoms with E-state index in [0.29, 0.717) is 0 Å². The average molecular weight is 240 g/mol. The van der Waals surface area contributed by atoms with Crippen molar-refractivity contribution < 1.29 is 13.6 Å². The number of hydrogen-bond acceptors (Lipinski definition) is 1. The second-order valence-electron chi connectivity index (χ2n) is 3.85. The van der Waals surface area contributed by atoms with Crippen LogP contribution < -0.4 is 0 Å². The smallest absolute Gasteiger partial charge is 0.255 e. The van der Waals surface area contributed by atoms with Gasteiger partial charge < -0.3 is 4.90 Å². The number of carbonyl (C=O) groups is 1. The van der Waals surface area contributed by atoms with Gasteiger partial charge >= 0.3 is 0 Å². The van der Waals surface area contributed by atoms with Gasteiger partial charge in [-0.3, -0.25) is 4.79 Å². The van der Waals surface area contributed by atoms with Crippen LogP contribution in [0.3, 0.4) is 0 Å². The predicted molar refractivity (Wildman–Crippen MR) is 55.3 cm³/mol. The second kappa shape index (κ2) is 6.26. The Morgan fingerprint density at radius 3 is 2.47 bits per heavy atom. The SMILES string of the molecule is O=C(C1CCCC1)N(CCCl)CC(F)F. The van der Waals surface area contributed by atoms with Crippen molar-refractivity contribution in [3.8, 4) is 0 Å². The lowest BCUT2D eigenvalue weighted by molar-refractivity contribution is -0.137. The van der Waals surface area contributed by atoms with Crippen molar-refractivity contribution in [3.05, 3.63) is 0 Å². The van der Waals surface area contributed by atoms with E-state index in [0.717, 1.165) is 25.7 Å². The van der Waals surface area contributed by atoms with Crippen LogP contribution in [0.25, 0.3) is 0 Å². The van der Waals surface area contributed by atoms with Crippen LogP contribution in [0.1, 0.15) is 25.7 Å². The Balaban J connectivity index is 2.49. The fraction of sp³-hybridized carbons (Fsp3) is 0.900. The lowest BCUT2D eigenvalue weighted by atomic mass is 10.1. The summed E-state index contributed by atoms with van der Waals surface area (Å²) in [7, 11) is 0. The van der Waals surface area contributed by atoms with Gasteiger partial charge in [0.15, 0.2) is 0 Å². The number of alkyl halides is 3. The van der Waals surface area contributed by atoms with Gasteiger partial charge in [-0.2, -0.15) is 0 Å². The molecule has 0 saturated heterocycles. The number of rotatable bonds is 5. The Hall–Kier alpha value is -0.380. The number of nitrogens with zero attached hydrogens (tertiary/aromatic N) is 1. The van der Waals surface area contributed by atoms with Gasteiger partial charge in [0.2, 0.25) is 5.91 Å². The van der Waals surface area contributed by atoms with Crippen LogP contribution in [0.2, 0.25) is 0 Å². The Kier molecular flexibility index (Phi) is 5.29. The third-order valence-electron chi connectivity index (χ3n) is 2.73. The highest BCUT2D eigenvalue weighted by atomic mass is 35.5. The van der Waals surface area contributed by atoms with Crippen LogP contribution in [-0.4, -0.2) is 36.2 Å². The second-order valence-corrected chi connectivity index (χ2v) is 4.22. The molecule has 1 aliphatic carbocycles. The molecule has 1 rings (SSSR count). The van der Waals surface area contributed by atoms with Gasteiger partial charge in [-0.1, -0.05) is 12.8 Å². The molecule has 2 nitrogen and oxygen atoms in total. The third kappa shape index (κ3) is 3.93. The molecule has 0 radical (unpaired) electrons. The van der Waals surface area contributed by atoms with E-state index in [-0.39, 0.29) is 24.2 Å². The lowest BCUT2D eigenvalue weighted by Crippen LogP contribution is -2.39. The summed E-state index contributed by atoms with van der Waals surface area (Å²) in [5, 5.41) is 0. The molecule has 1 aliphatic rings. The molecule has 0 N–H and O–H groups in total. The molecule has 88 valence electrons. The van der Waals surface area contributed by atoms with E-state index in [9.17, 15) is 13.6 Å². The van der Waals surface area contributed by atoms with Crippen molar-refractivity contribution in [2.75, 3.05) is 19.0 Å². The molecule has 0 unspecified atom stereocenters. The van der Waals surface area contributed by atoms with Crippen LogP contribution in [0, 0.1) is 5.92 Å². The van der Waals surface area contributed by atoms with Gasteiger partial charge in [-0.25, -0.2) is 8.78 Å². The molecule has 5 heteroatoms. The number of hydrogen-bond donors (Lipinski definition) is 0. The Labute approximate surface area is 93.6 Å². The molecular weight excluding hydrogens is 224 g/mol. The van der Waals surface area contributed by atoms with Crippen LogP contribution in [0.5, 0.6) is 0 Å². The molecule has 0 spiro atoms. The van der Waals surface area contributed by atoms with Crippen LogP contribution in [0.4, 0.5) is 8.78 Å². The van der Waals surface area contributed by atoms with E-state index in [1.165, 1.54) is 4.90 Å². The molecule has 1 amide bonds. The van der Waals surface area contributed by atoms with Crippen LogP contribution in [-0.2, 0) is 4.79 Å². The fourth-order valence-electron chi connectivity index (χ4n) is 1.99. The molecule has 1 saturated carbocycles. The molecule has 0 aromatic rings. The first-order valence-electron chi connectivity index (χ1n) is 5.28. The zero-order chi connectivity index (χ0) is 11.3. The Bertz CT molecular complexity index is 208. The highest BCUT2D eigenvalue weighted by molar-refractivity contribution is 6.18. The van der Waals surface area contributed by atoms with Crippen molar-refractivity contribution in [2.24, 2.45) is 5.92 Å². The highest BCUT2D eigenvalue weighted by Crippen LogP contribution is 2.26. The summed E-state index contributed by atoms with van der Waals surface area (Å²) in [6, 6.07) is 0. The molecule has 0 aromatic heterocycles. The van der Waals surface area contributed by atoms with E-state index >= 15 is 0 Å². The number of amides is 1. The Morgan fingerprint density at radius 1 is 1.40 bits per heavy atom. The van der Waals surface area contributed by atoms with Gasteiger partial charge in [0.1, 0.15) is 0 Å². The first-order valence-corrected chi connectivity index (χ1v) is 5.81. The molecule has 0 heterocycles. The molecule has 15 heavy (non-hydrogen) atoms. The molecular formula is C10H16ClF2NO. The average Bonchev–Trinajstić information content (AvgIpc) is 2.68. The minimum atomic E-state index is -2.47. The lowest BCUT2D eigenvalue weighted by Gasteiger charge is -2.24. The first-order chi connectivity index (χ1) is 7.15. The third-order valence-corrected chi connectivity index (χ3v) is 2.90. The molecule has 0 atom stereocenters. The van der Waals surface area contributed by atoms with Crippen molar-refractivity contribution in [1.82, 2.24) is 4.90 Å². The number of halogens is 3. The summed E-state index contributed by atoms with van der Waals surface area (Å²) < 4.78 is 24.4. The largest absolute Gasteiger partial charge is 0.336 e. The summed E-state index contributed by atoms with van der Waals surface area (Å²) in [4.78, 5) is 13.0. The molecule has 0 bridgehead atoms. The minimum absolute atomic E-state index is 0.0491. The topological polar surface area (TPSA) is 20.3 Å². The maximum atomic E-state index is 12.2. The van der Waals surface area contributed by atoms with E-state index in [2.05, 4.69) is 0 Å². The summed E-state index contributed by atoms with van der Waals surface area (Å²) in [6.45, 7) is -0.261. The quantitative estimate of drug-likeness (QED) is 0.675. The first kappa shape index (κ1) is 12.7. The summed E-state index contributed by atoms with van der Waals surface area (Å²) in [5.41, 5.74) is 0. The zero-order valence-electron chi connectivity index (χ0n) is 8.59. The summed E-state index contributed by atoms with van der Waals surface area (Å²) >= 11 is 5.49. The van der Waals surface area contributed by atoms with Crippen molar-refractivity contribution in [1.29, 1.82) is 0 Å². The van der Waals surface area contributed by atoms with Gasteiger partial charge in [0, 0.05) is 18.3 Å². The maximum absolute atomic E-state index is 12.2. The highest BCUT2D eigenvalue weighted by Gasteiger charge is 2.28. The zero-order valence-corrected chi connectivity index (χ0v) is 9.35. The van der Waals surface area contributed by atoms with Crippen molar-refractivity contribution >= 4 is 17.5 Å². The van der Waals surface area contributed by atoms with Crippen LogP contribution >= 0.6 is 11.6 Å². The van der Waals surface area contributed by atoms with E-state index in [1.807, 2.05) is 0 Å². The summed E-state index contributed by atoms with van der Waals surface area (Å²) in [5.74, 6) is 0.0194. The van der Waals surface area contributed by atoms with Gasteiger partial charge in [-0.15, -0.1) is 11.6 Å². The standard InChI is InChI=1S/C10H16ClF2NO/c11-5-6-14(7-9(12)13)10(15)8-3-1-2-4-8/h8-9H,1-7H2. The molecule has 1 fully saturated rings. The number of carbonyl (C=O) groups excluding carboxylic acids is 1.